The van der Waals surface area contributed by atoms with E-state index < -0.39 is 21.9 Å². The molecule has 0 saturated carbocycles. The molecule has 0 aliphatic carbocycles. The molecule has 0 aliphatic rings. The van der Waals surface area contributed by atoms with Gasteiger partial charge in [-0.25, -0.2) is 12.8 Å². The molecule has 7 nitrogen and oxygen atoms in total. The number of aryl methyl sites for hydroxylation is 1. The largest absolute Gasteiger partial charge is 0.357 e. The zero-order valence-electron chi connectivity index (χ0n) is 21.9. The first-order valence-electron chi connectivity index (χ1n) is 12.4. The number of hydrogen-bond donors (Lipinski definition) is 1. The molecule has 0 heterocycles. The van der Waals surface area contributed by atoms with Crippen LogP contribution < -0.4 is 9.62 Å². The standard InChI is InChI=1S/C29H34FN3O4S/c1-22-11-9-15-25(19-22)33(38(3,36)37)18-10-17-28(34)32(21-24-14-7-8-16-26(24)30)27(29(35)31-2)20-23-12-5-4-6-13-23/h4-9,11-16,19,27H,10,17-18,20-21H2,1-3H3,(H,31,35)/t27-/m1/s1. The smallest absolute Gasteiger partial charge is 0.242 e. The Bertz CT molecular complexity index is 1350. The molecule has 38 heavy (non-hydrogen) atoms. The van der Waals surface area contributed by atoms with Crippen LogP contribution in [0.2, 0.25) is 0 Å². The van der Waals surface area contributed by atoms with Crippen LogP contribution in [0.25, 0.3) is 0 Å². The topological polar surface area (TPSA) is 86.8 Å². The van der Waals surface area contributed by atoms with Crippen LogP contribution in [-0.4, -0.2) is 51.0 Å². The minimum absolute atomic E-state index is 0.0193. The van der Waals surface area contributed by atoms with Gasteiger partial charge < -0.3 is 10.2 Å². The molecule has 0 unspecified atom stereocenters. The molecule has 0 spiro atoms. The van der Waals surface area contributed by atoms with Crippen molar-refractivity contribution in [1.29, 1.82) is 0 Å². The third-order valence-electron chi connectivity index (χ3n) is 6.26. The van der Waals surface area contributed by atoms with Gasteiger partial charge in [0.1, 0.15) is 11.9 Å². The fourth-order valence-corrected chi connectivity index (χ4v) is 5.27. The molecular formula is C29H34FN3O4S. The minimum atomic E-state index is -3.59. The molecular weight excluding hydrogens is 505 g/mol. The van der Waals surface area contributed by atoms with Crippen molar-refractivity contribution in [3.05, 3.63) is 101 Å². The molecule has 0 fully saturated rings. The SMILES string of the molecule is CNC(=O)[C@@H](Cc1ccccc1)N(Cc1ccccc1F)C(=O)CCCN(c1cccc(C)c1)S(C)(=O)=O. The van der Waals surface area contributed by atoms with Crippen molar-refractivity contribution in [2.45, 2.75) is 38.8 Å². The number of nitrogens with one attached hydrogen (secondary N) is 1. The number of carbonyl (C=O) groups is 2. The van der Waals surface area contributed by atoms with Gasteiger partial charge in [-0.05, 0) is 42.7 Å². The molecule has 1 atom stereocenters. The Hall–Kier alpha value is -3.72. The van der Waals surface area contributed by atoms with E-state index >= 15 is 0 Å². The molecule has 9 heteroatoms. The zero-order chi connectivity index (χ0) is 27.7. The first kappa shape index (κ1) is 28.8. The number of amides is 2. The van der Waals surface area contributed by atoms with Gasteiger partial charge in [-0.1, -0.05) is 60.7 Å². The van der Waals surface area contributed by atoms with Crippen LogP contribution >= 0.6 is 0 Å². The van der Waals surface area contributed by atoms with Crippen LogP contribution in [0.5, 0.6) is 0 Å². The van der Waals surface area contributed by atoms with Gasteiger partial charge in [-0.2, -0.15) is 0 Å². The second kappa shape index (κ2) is 13.2. The normalized spacial score (nSPS) is 12.0. The van der Waals surface area contributed by atoms with Crippen molar-refractivity contribution < 1.29 is 22.4 Å². The fourth-order valence-electron chi connectivity index (χ4n) is 4.32. The van der Waals surface area contributed by atoms with Gasteiger partial charge in [0.2, 0.25) is 21.8 Å². The highest BCUT2D eigenvalue weighted by molar-refractivity contribution is 7.92. The predicted octanol–water partition coefficient (Wildman–Crippen LogP) is 4.07. The van der Waals surface area contributed by atoms with Gasteiger partial charge in [-0.15, -0.1) is 0 Å². The van der Waals surface area contributed by atoms with E-state index in [0.29, 0.717) is 11.3 Å². The molecule has 202 valence electrons. The summed E-state index contributed by atoms with van der Waals surface area (Å²) in [6, 6.07) is 21.7. The van der Waals surface area contributed by atoms with Crippen molar-refractivity contribution in [3.63, 3.8) is 0 Å². The van der Waals surface area contributed by atoms with Crippen LogP contribution in [-0.2, 0) is 32.6 Å². The average molecular weight is 540 g/mol. The lowest BCUT2D eigenvalue weighted by Crippen LogP contribution is -2.50. The predicted molar refractivity (Wildman–Crippen MR) is 148 cm³/mol. The monoisotopic (exact) mass is 539 g/mol. The number of halogens is 1. The number of benzene rings is 3. The maximum Gasteiger partial charge on any atom is 0.242 e. The van der Waals surface area contributed by atoms with Crippen LogP contribution in [0.4, 0.5) is 10.1 Å². The highest BCUT2D eigenvalue weighted by Crippen LogP contribution is 2.21. The van der Waals surface area contributed by atoms with Crippen molar-refractivity contribution in [1.82, 2.24) is 10.2 Å². The number of hydrogen-bond acceptors (Lipinski definition) is 4. The number of likely N-dealkylation sites (N-methyl/N-ethyl adjacent to an activating group) is 1. The molecule has 3 aromatic rings. The summed E-state index contributed by atoms with van der Waals surface area (Å²) in [4.78, 5) is 28.0. The first-order chi connectivity index (χ1) is 18.1. The van der Waals surface area contributed by atoms with Crippen molar-refractivity contribution >= 4 is 27.5 Å². The summed E-state index contributed by atoms with van der Waals surface area (Å²) in [5.41, 5.74) is 2.59. The lowest BCUT2D eigenvalue weighted by molar-refractivity contribution is -0.141. The number of carbonyl (C=O) groups excluding carboxylic acids is 2. The highest BCUT2D eigenvalue weighted by atomic mass is 32.2. The Morgan fingerprint density at radius 3 is 2.29 bits per heavy atom. The lowest BCUT2D eigenvalue weighted by Gasteiger charge is -2.31. The quantitative estimate of drug-likeness (QED) is 0.376. The number of anilines is 1. The second-order valence-corrected chi connectivity index (χ2v) is 11.1. The van der Waals surface area contributed by atoms with Crippen molar-refractivity contribution in [2.75, 3.05) is 24.2 Å². The van der Waals surface area contributed by atoms with Gasteiger partial charge in [0.25, 0.3) is 0 Å². The minimum Gasteiger partial charge on any atom is -0.357 e. The summed E-state index contributed by atoms with van der Waals surface area (Å²) in [7, 11) is -2.09. The molecule has 3 rings (SSSR count). The second-order valence-electron chi connectivity index (χ2n) is 9.21. The van der Waals surface area contributed by atoms with E-state index in [1.165, 1.54) is 22.3 Å². The Labute approximate surface area is 224 Å². The Kier molecular flexibility index (Phi) is 10.0. The molecule has 0 aliphatic heterocycles. The summed E-state index contributed by atoms with van der Waals surface area (Å²) in [6.45, 7) is 1.87. The van der Waals surface area contributed by atoms with Gasteiger partial charge in [0.05, 0.1) is 11.9 Å². The van der Waals surface area contributed by atoms with Gasteiger partial charge in [0, 0.05) is 38.5 Å². The number of rotatable bonds is 12. The van der Waals surface area contributed by atoms with Gasteiger partial charge in [-0.3, -0.25) is 13.9 Å². The summed E-state index contributed by atoms with van der Waals surface area (Å²) >= 11 is 0. The Morgan fingerprint density at radius 2 is 1.66 bits per heavy atom. The van der Waals surface area contributed by atoms with E-state index in [-0.39, 0.29) is 44.2 Å². The number of sulfonamides is 1. The third-order valence-corrected chi connectivity index (χ3v) is 7.45. The van der Waals surface area contributed by atoms with E-state index in [9.17, 15) is 22.4 Å². The summed E-state index contributed by atoms with van der Waals surface area (Å²) < 4.78 is 40.9. The molecule has 2 amide bonds. The van der Waals surface area contributed by atoms with E-state index in [1.807, 2.05) is 43.3 Å². The van der Waals surface area contributed by atoms with E-state index in [1.54, 1.807) is 36.4 Å². The molecule has 3 aromatic carbocycles. The van der Waals surface area contributed by atoms with Gasteiger partial charge in [0.15, 0.2) is 0 Å². The summed E-state index contributed by atoms with van der Waals surface area (Å²) in [5.74, 6) is -1.20. The molecule has 0 aromatic heterocycles. The Morgan fingerprint density at radius 1 is 0.974 bits per heavy atom. The molecule has 1 N–H and O–H groups in total. The average Bonchev–Trinajstić information content (AvgIpc) is 2.89. The van der Waals surface area contributed by atoms with Crippen LogP contribution in [0.1, 0.15) is 29.5 Å². The number of nitrogens with zero attached hydrogens (tertiary/aromatic N) is 2. The van der Waals surface area contributed by atoms with Crippen molar-refractivity contribution in [2.24, 2.45) is 0 Å². The van der Waals surface area contributed by atoms with Crippen LogP contribution in [0.3, 0.4) is 0 Å². The maximum atomic E-state index is 14.6. The molecule has 0 saturated heterocycles. The zero-order valence-corrected chi connectivity index (χ0v) is 22.7. The summed E-state index contributed by atoms with van der Waals surface area (Å²) in [5, 5.41) is 2.63. The lowest BCUT2D eigenvalue weighted by atomic mass is 10.0. The van der Waals surface area contributed by atoms with Crippen molar-refractivity contribution in [3.8, 4) is 0 Å². The fraction of sp³-hybridized carbons (Fsp3) is 0.310. The van der Waals surface area contributed by atoms with E-state index in [2.05, 4.69) is 5.32 Å². The van der Waals surface area contributed by atoms with Crippen LogP contribution in [0, 0.1) is 12.7 Å². The summed E-state index contributed by atoms with van der Waals surface area (Å²) in [6.07, 6.45) is 1.58. The van der Waals surface area contributed by atoms with E-state index in [0.717, 1.165) is 17.4 Å². The molecule has 0 radical (unpaired) electrons. The van der Waals surface area contributed by atoms with Crippen LogP contribution in [0.15, 0.2) is 78.9 Å². The van der Waals surface area contributed by atoms with E-state index in [4.69, 9.17) is 0 Å². The Balaban J connectivity index is 1.85. The highest BCUT2D eigenvalue weighted by Gasteiger charge is 2.30. The first-order valence-corrected chi connectivity index (χ1v) is 14.3. The maximum absolute atomic E-state index is 14.6. The third kappa shape index (κ3) is 7.89. The van der Waals surface area contributed by atoms with Gasteiger partial charge >= 0.3 is 0 Å². The molecule has 0 bridgehead atoms.